The van der Waals surface area contributed by atoms with Gasteiger partial charge in [0, 0.05) is 36.5 Å². The van der Waals surface area contributed by atoms with Gasteiger partial charge >= 0.3 is 0 Å². The predicted octanol–water partition coefficient (Wildman–Crippen LogP) is 4.75. The first-order valence-electron chi connectivity index (χ1n) is 10.7. The Kier molecular flexibility index (Phi) is 6.92. The molecule has 1 aliphatic heterocycles. The van der Waals surface area contributed by atoms with Crippen molar-refractivity contribution in [3.63, 3.8) is 0 Å². The Bertz CT molecular complexity index is 1010. The van der Waals surface area contributed by atoms with Crippen LogP contribution in [-0.4, -0.2) is 51.5 Å². The highest BCUT2D eigenvalue weighted by Crippen LogP contribution is 2.29. The van der Waals surface area contributed by atoms with Crippen molar-refractivity contribution in [3.8, 4) is 22.8 Å². The van der Waals surface area contributed by atoms with Crippen LogP contribution in [-0.2, 0) is 4.79 Å². The van der Waals surface area contributed by atoms with Crippen LogP contribution >= 0.6 is 11.8 Å². The van der Waals surface area contributed by atoms with E-state index in [0.29, 0.717) is 6.42 Å². The van der Waals surface area contributed by atoms with E-state index in [1.807, 2.05) is 29.2 Å². The molecule has 4 rings (SSSR count). The summed E-state index contributed by atoms with van der Waals surface area (Å²) in [6.07, 6.45) is 3.68. The number of hydrogen-bond donors (Lipinski definition) is 0. The Labute approximate surface area is 187 Å². The third-order valence-corrected chi connectivity index (χ3v) is 6.51. The highest BCUT2D eigenvalue weighted by Gasteiger charge is 2.19. The molecule has 31 heavy (non-hydrogen) atoms. The molecule has 0 saturated carbocycles. The van der Waals surface area contributed by atoms with Crippen LogP contribution in [0.15, 0.2) is 53.7 Å². The third-order valence-electron chi connectivity index (χ3n) is 5.50. The monoisotopic (exact) mass is 436 g/mol. The van der Waals surface area contributed by atoms with E-state index in [9.17, 15) is 4.79 Å². The molecule has 2 aromatic carbocycles. The van der Waals surface area contributed by atoms with Gasteiger partial charge in [-0.25, -0.2) is 0 Å². The number of aryl methyl sites for hydroxylation is 1. The second-order valence-corrected chi connectivity index (χ2v) is 8.81. The van der Waals surface area contributed by atoms with Gasteiger partial charge in [-0.2, -0.15) is 0 Å². The molecule has 0 N–H and O–H groups in total. The summed E-state index contributed by atoms with van der Waals surface area (Å²) >= 11 is 1.64. The number of methoxy groups -OCH3 is 1. The average Bonchev–Trinajstić information content (AvgIpc) is 3.48. The maximum Gasteiger partial charge on any atom is 0.222 e. The molecule has 1 aliphatic rings. The van der Waals surface area contributed by atoms with Crippen molar-refractivity contribution < 1.29 is 9.53 Å². The lowest BCUT2D eigenvalue weighted by atomic mass is 10.1. The molecule has 0 bridgehead atoms. The van der Waals surface area contributed by atoms with Gasteiger partial charge in [0.05, 0.1) is 7.11 Å². The molecule has 1 aromatic heterocycles. The molecular weight excluding hydrogens is 408 g/mol. The molecule has 162 valence electrons. The normalized spacial score (nSPS) is 13.5. The summed E-state index contributed by atoms with van der Waals surface area (Å²) in [7, 11) is 1.66. The van der Waals surface area contributed by atoms with E-state index >= 15 is 0 Å². The van der Waals surface area contributed by atoms with Gasteiger partial charge in [0.15, 0.2) is 11.0 Å². The highest BCUT2D eigenvalue weighted by atomic mass is 32.2. The van der Waals surface area contributed by atoms with E-state index in [-0.39, 0.29) is 5.91 Å². The largest absolute Gasteiger partial charge is 0.497 e. The minimum atomic E-state index is 0.273. The number of nitrogens with zero attached hydrogens (tertiary/aromatic N) is 4. The summed E-state index contributed by atoms with van der Waals surface area (Å²) in [6.45, 7) is 3.90. The van der Waals surface area contributed by atoms with Crippen LogP contribution in [0.3, 0.4) is 0 Å². The van der Waals surface area contributed by atoms with Crippen LogP contribution in [0.4, 0.5) is 0 Å². The zero-order valence-corrected chi connectivity index (χ0v) is 18.9. The fourth-order valence-electron chi connectivity index (χ4n) is 3.73. The Balaban J connectivity index is 1.52. The zero-order chi connectivity index (χ0) is 21.6. The maximum atomic E-state index is 12.3. The van der Waals surface area contributed by atoms with Gasteiger partial charge in [-0.15, -0.1) is 10.2 Å². The van der Waals surface area contributed by atoms with E-state index < -0.39 is 0 Å². The number of rotatable bonds is 8. The van der Waals surface area contributed by atoms with Gasteiger partial charge < -0.3 is 9.64 Å². The third kappa shape index (κ3) is 5.10. The molecule has 0 radical (unpaired) electrons. The SMILES string of the molecule is COc1ccc(-n2c(SCCCC(=O)N3CCCC3)nnc2-c2ccc(C)cc2)cc1. The lowest BCUT2D eigenvalue weighted by Gasteiger charge is -2.15. The van der Waals surface area contributed by atoms with Gasteiger partial charge in [-0.05, 0) is 50.5 Å². The molecule has 1 saturated heterocycles. The first kappa shape index (κ1) is 21.4. The second-order valence-electron chi connectivity index (χ2n) is 7.75. The predicted molar refractivity (Wildman–Crippen MR) is 124 cm³/mol. The van der Waals surface area contributed by atoms with Crippen molar-refractivity contribution in [2.75, 3.05) is 26.0 Å². The van der Waals surface area contributed by atoms with Crippen molar-refractivity contribution in [1.29, 1.82) is 0 Å². The number of benzene rings is 2. The fourth-order valence-corrected chi connectivity index (χ4v) is 4.62. The molecule has 1 fully saturated rings. The van der Waals surface area contributed by atoms with Crippen molar-refractivity contribution in [1.82, 2.24) is 19.7 Å². The first-order valence-corrected chi connectivity index (χ1v) is 11.7. The Morgan fingerprint density at radius 3 is 2.42 bits per heavy atom. The summed E-state index contributed by atoms with van der Waals surface area (Å²) in [5.74, 6) is 2.71. The van der Waals surface area contributed by atoms with Crippen molar-refractivity contribution >= 4 is 17.7 Å². The smallest absolute Gasteiger partial charge is 0.222 e. The zero-order valence-electron chi connectivity index (χ0n) is 18.1. The number of hydrogen-bond acceptors (Lipinski definition) is 5. The van der Waals surface area contributed by atoms with E-state index in [1.165, 1.54) is 5.56 Å². The van der Waals surface area contributed by atoms with Crippen molar-refractivity contribution in [3.05, 3.63) is 54.1 Å². The number of thioether (sulfide) groups is 1. The minimum Gasteiger partial charge on any atom is -0.497 e. The van der Waals surface area contributed by atoms with Gasteiger partial charge in [-0.1, -0.05) is 41.6 Å². The summed E-state index contributed by atoms with van der Waals surface area (Å²) in [5, 5.41) is 9.80. The first-order chi connectivity index (χ1) is 15.2. The molecule has 6 nitrogen and oxygen atoms in total. The number of carbonyl (C=O) groups is 1. The Morgan fingerprint density at radius 1 is 1.03 bits per heavy atom. The lowest BCUT2D eigenvalue weighted by molar-refractivity contribution is -0.130. The van der Waals surface area contributed by atoms with Gasteiger partial charge in [0.1, 0.15) is 5.75 Å². The number of likely N-dealkylation sites (tertiary alicyclic amines) is 1. The van der Waals surface area contributed by atoms with Crippen LogP contribution in [0.2, 0.25) is 0 Å². The second kappa shape index (κ2) is 10.0. The van der Waals surface area contributed by atoms with Gasteiger partial charge in [0.2, 0.25) is 5.91 Å². The molecule has 0 atom stereocenters. The van der Waals surface area contributed by atoms with Crippen molar-refractivity contribution in [2.24, 2.45) is 0 Å². The van der Waals surface area contributed by atoms with E-state index in [1.54, 1.807) is 18.9 Å². The van der Waals surface area contributed by atoms with E-state index in [0.717, 1.165) is 66.1 Å². The molecule has 1 amide bonds. The Hall–Kier alpha value is -2.80. The molecule has 0 unspecified atom stereocenters. The lowest BCUT2D eigenvalue weighted by Crippen LogP contribution is -2.27. The molecule has 3 aromatic rings. The summed E-state index contributed by atoms with van der Waals surface area (Å²) in [6, 6.07) is 16.2. The van der Waals surface area contributed by atoms with Gasteiger partial charge in [0.25, 0.3) is 0 Å². The van der Waals surface area contributed by atoms with E-state index in [4.69, 9.17) is 4.74 Å². The van der Waals surface area contributed by atoms with Crippen LogP contribution in [0.1, 0.15) is 31.2 Å². The standard InChI is InChI=1S/C24H28N4O2S/c1-18-7-9-19(10-8-18)23-25-26-24(28(23)20-11-13-21(30-2)14-12-20)31-17-5-6-22(29)27-15-3-4-16-27/h7-14H,3-6,15-17H2,1-2H3. The van der Waals surface area contributed by atoms with Crippen LogP contribution in [0, 0.1) is 6.92 Å². The molecule has 0 spiro atoms. The summed E-state index contributed by atoms with van der Waals surface area (Å²) < 4.78 is 7.39. The Morgan fingerprint density at radius 2 is 1.74 bits per heavy atom. The number of aromatic nitrogens is 3. The van der Waals surface area contributed by atoms with Crippen LogP contribution < -0.4 is 4.74 Å². The van der Waals surface area contributed by atoms with E-state index in [2.05, 4.69) is 46.0 Å². The van der Waals surface area contributed by atoms with Crippen LogP contribution in [0.5, 0.6) is 5.75 Å². The maximum absolute atomic E-state index is 12.3. The van der Waals surface area contributed by atoms with Crippen LogP contribution in [0.25, 0.3) is 17.1 Å². The molecule has 7 heteroatoms. The quantitative estimate of drug-likeness (QED) is 0.377. The highest BCUT2D eigenvalue weighted by molar-refractivity contribution is 7.99. The minimum absolute atomic E-state index is 0.273. The van der Waals surface area contributed by atoms with Gasteiger partial charge in [-0.3, -0.25) is 9.36 Å². The molecule has 0 aliphatic carbocycles. The topological polar surface area (TPSA) is 60.2 Å². The fraction of sp³-hybridized carbons (Fsp3) is 0.375. The number of amides is 1. The summed E-state index contributed by atoms with van der Waals surface area (Å²) in [4.78, 5) is 14.3. The van der Waals surface area contributed by atoms with Crippen molar-refractivity contribution in [2.45, 2.75) is 37.8 Å². The summed E-state index contributed by atoms with van der Waals surface area (Å²) in [5.41, 5.74) is 3.21. The average molecular weight is 437 g/mol. The number of carbonyl (C=O) groups excluding carboxylic acids is 1. The number of ether oxygens (including phenoxy) is 1. The molecule has 2 heterocycles. The molecular formula is C24H28N4O2S.